The highest BCUT2D eigenvalue weighted by Crippen LogP contribution is 2.38. The zero-order valence-corrected chi connectivity index (χ0v) is 16.3. The molecule has 0 saturated heterocycles. The molecule has 0 amide bonds. The third-order valence-electron chi connectivity index (χ3n) is 4.89. The Labute approximate surface area is 166 Å². The van der Waals surface area contributed by atoms with Crippen molar-refractivity contribution in [1.82, 2.24) is 0 Å². The predicted molar refractivity (Wildman–Crippen MR) is 110 cm³/mol. The second-order valence-corrected chi connectivity index (χ2v) is 7.36. The van der Waals surface area contributed by atoms with Crippen molar-refractivity contribution in [1.29, 1.82) is 0 Å². The molecule has 0 aliphatic carbocycles. The zero-order valence-electron chi connectivity index (χ0n) is 18.3. The van der Waals surface area contributed by atoms with Crippen molar-refractivity contribution in [3.05, 3.63) is 71.0 Å². The molecule has 2 aromatic carbocycles. The number of pyridine rings is 1. The first-order chi connectivity index (χ1) is 14.1. The number of aryl methyl sites for hydroxylation is 2. The van der Waals surface area contributed by atoms with E-state index in [1.165, 1.54) is 6.20 Å². The van der Waals surface area contributed by atoms with E-state index in [1.807, 2.05) is 25.1 Å². The lowest BCUT2D eigenvalue weighted by atomic mass is 9.97. The number of hydrogen-bond donors (Lipinski definition) is 0. The maximum Gasteiger partial charge on any atom is 0.216 e. The van der Waals surface area contributed by atoms with Gasteiger partial charge in [0.25, 0.3) is 0 Å². The molecule has 0 saturated carbocycles. The Morgan fingerprint density at radius 2 is 1.96 bits per heavy atom. The van der Waals surface area contributed by atoms with Crippen LogP contribution in [0.1, 0.15) is 27.7 Å². The Morgan fingerprint density at radius 1 is 1.21 bits per heavy atom. The van der Waals surface area contributed by atoms with Crippen molar-refractivity contribution in [3.8, 4) is 11.3 Å². The molecule has 0 aliphatic heterocycles. The van der Waals surface area contributed by atoms with Crippen LogP contribution in [0, 0.1) is 25.2 Å². The maximum absolute atomic E-state index is 14.8. The van der Waals surface area contributed by atoms with Gasteiger partial charge in [-0.05, 0) is 30.8 Å². The summed E-state index contributed by atoms with van der Waals surface area (Å²) in [7, 11) is 1.74. The van der Waals surface area contributed by atoms with Crippen molar-refractivity contribution < 1.29 is 16.1 Å². The molecule has 0 atom stereocenters. The standard InChI is InChI=1S/C24H22FN2O/c1-14(2)10-16-11-21(27(5)13-20(16)25)23-15(3)6-8-19-18-9-7-17(26-4)12-22(18)28-24(19)23/h6-9,11-14H,10H2,1-3,5H3/q+1/i10D2. The molecule has 140 valence electrons. The molecular formula is C24H22FN2O+. The summed E-state index contributed by atoms with van der Waals surface area (Å²) in [5.74, 6) is -0.959. The fourth-order valence-electron chi connectivity index (χ4n) is 3.60. The van der Waals surface area contributed by atoms with Gasteiger partial charge in [-0.2, -0.15) is 4.57 Å². The van der Waals surface area contributed by atoms with Gasteiger partial charge in [-0.25, -0.2) is 9.24 Å². The van der Waals surface area contributed by atoms with Gasteiger partial charge < -0.3 is 4.42 Å². The lowest BCUT2D eigenvalue weighted by Crippen LogP contribution is -2.32. The summed E-state index contributed by atoms with van der Waals surface area (Å²) in [5.41, 5.74) is 4.19. The van der Waals surface area contributed by atoms with Crippen molar-refractivity contribution in [2.75, 3.05) is 0 Å². The van der Waals surface area contributed by atoms with E-state index < -0.39 is 12.2 Å². The third kappa shape index (κ3) is 2.93. The Balaban J connectivity index is 2.06. The Bertz CT molecular complexity index is 1350. The molecule has 2 heterocycles. The largest absolute Gasteiger partial charge is 0.456 e. The number of halogens is 1. The topological polar surface area (TPSA) is 21.4 Å². The van der Waals surface area contributed by atoms with Gasteiger partial charge in [0.1, 0.15) is 18.2 Å². The summed E-state index contributed by atoms with van der Waals surface area (Å²) in [5, 5.41) is 1.81. The van der Waals surface area contributed by atoms with E-state index in [-0.39, 0.29) is 11.5 Å². The molecule has 4 aromatic rings. The van der Waals surface area contributed by atoms with Gasteiger partial charge >= 0.3 is 0 Å². The van der Waals surface area contributed by atoms with Gasteiger partial charge in [-0.3, -0.25) is 0 Å². The SMILES string of the molecule is [2H]C([2H])(c1cc(-c2c(C)ccc3c2oc2cc([N+]#[C-])ccc23)[n+](C)cc1F)C(C)C. The summed E-state index contributed by atoms with van der Waals surface area (Å²) in [4.78, 5) is 3.47. The van der Waals surface area contributed by atoms with Crippen LogP contribution in [0.5, 0.6) is 0 Å². The average molecular weight is 375 g/mol. The van der Waals surface area contributed by atoms with Crippen LogP contribution in [0.4, 0.5) is 10.1 Å². The number of rotatable bonds is 3. The minimum Gasteiger partial charge on any atom is -0.456 e. The van der Waals surface area contributed by atoms with Gasteiger partial charge in [-0.15, -0.1) is 0 Å². The summed E-state index contributed by atoms with van der Waals surface area (Å²) in [6, 6.07) is 10.9. The monoisotopic (exact) mass is 375 g/mol. The third-order valence-corrected chi connectivity index (χ3v) is 4.89. The van der Waals surface area contributed by atoms with E-state index in [9.17, 15) is 4.39 Å². The van der Waals surface area contributed by atoms with Crippen LogP contribution < -0.4 is 4.57 Å². The molecule has 3 nitrogen and oxygen atoms in total. The highest BCUT2D eigenvalue weighted by atomic mass is 19.1. The van der Waals surface area contributed by atoms with E-state index in [1.54, 1.807) is 43.7 Å². The molecule has 0 unspecified atom stereocenters. The first kappa shape index (κ1) is 15.8. The molecule has 0 N–H and O–H groups in total. The Hall–Kier alpha value is -3.19. The number of hydrogen-bond acceptors (Lipinski definition) is 1. The molecule has 4 heteroatoms. The predicted octanol–water partition coefficient (Wildman–Crippen LogP) is 6.27. The van der Waals surface area contributed by atoms with E-state index in [0.29, 0.717) is 22.5 Å². The van der Waals surface area contributed by atoms with E-state index >= 15 is 0 Å². The summed E-state index contributed by atoms with van der Waals surface area (Å²) in [6.07, 6.45) is -0.490. The molecule has 0 fully saturated rings. The van der Waals surface area contributed by atoms with Gasteiger partial charge in [0, 0.05) is 25.1 Å². The number of fused-ring (bicyclic) bond motifs is 3. The fourth-order valence-corrected chi connectivity index (χ4v) is 3.60. The normalized spacial score (nSPS) is 13.0. The van der Waals surface area contributed by atoms with Crippen LogP contribution in [-0.2, 0) is 13.4 Å². The van der Waals surface area contributed by atoms with Crippen LogP contribution in [0.25, 0.3) is 38.0 Å². The molecule has 4 rings (SSSR count). The lowest BCUT2D eigenvalue weighted by molar-refractivity contribution is -0.662. The first-order valence-electron chi connectivity index (χ1n) is 10.2. The van der Waals surface area contributed by atoms with E-state index in [2.05, 4.69) is 4.85 Å². The van der Waals surface area contributed by atoms with E-state index in [4.69, 9.17) is 13.7 Å². The number of nitrogens with zero attached hydrogens (tertiary/aromatic N) is 2. The van der Waals surface area contributed by atoms with Crippen LogP contribution in [0.2, 0.25) is 0 Å². The molecule has 0 spiro atoms. The van der Waals surface area contributed by atoms with Gasteiger partial charge in [0.2, 0.25) is 11.9 Å². The number of furan rings is 1. The van der Waals surface area contributed by atoms with Crippen molar-refractivity contribution in [2.45, 2.75) is 27.1 Å². The minimum absolute atomic E-state index is 0.0356. The fraction of sp³-hybridized carbons (Fsp3) is 0.250. The maximum atomic E-state index is 14.8. The lowest BCUT2D eigenvalue weighted by Gasteiger charge is -2.10. The second-order valence-electron chi connectivity index (χ2n) is 7.36. The Kier molecular flexibility index (Phi) is 3.82. The van der Waals surface area contributed by atoms with Crippen LogP contribution in [0.15, 0.2) is 47.0 Å². The average Bonchev–Trinajstić information content (AvgIpc) is 3.05. The Morgan fingerprint density at radius 3 is 2.68 bits per heavy atom. The molecule has 28 heavy (non-hydrogen) atoms. The van der Waals surface area contributed by atoms with Crippen molar-refractivity contribution in [3.63, 3.8) is 0 Å². The molecule has 0 radical (unpaired) electrons. The first-order valence-corrected chi connectivity index (χ1v) is 9.18. The number of benzene rings is 2. The molecule has 0 aliphatic rings. The summed E-state index contributed by atoms with van der Waals surface area (Å²) in [6.45, 7) is 12.7. The quantitative estimate of drug-likeness (QED) is 0.305. The van der Waals surface area contributed by atoms with Crippen LogP contribution >= 0.6 is 0 Å². The van der Waals surface area contributed by atoms with Crippen LogP contribution in [0.3, 0.4) is 0 Å². The highest BCUT2D eigenvalue weighted by Gasteiger charge is 2.23. The number of aromatic nitrogens is 1. The molecule has 2 aromatic heterocycles. The second kappa shape index (κ2) is 6.76. The smallest absolute Gasteiger partial charge is 0.216 e. The summed E-state index contributed by atoms with van der Waals surface area (Å²) >= 11 is 0. The highest BCUT2D eigenvalue weighted by molar-refractivity contribution is 6.10. The minimum atomic E-state index is -1.81. The van der Waals surface area contributed by atoms with Gasteiger partial charge in [0.05, 0.1) is 12.1 Å². The van der Waals surface area contributed by atoms with Gasteiger partial charge in [0.15, 0.2) is 11.5 Å². The zero-order chi connectivity index (χ0) is 21.8. The van der Waals surface area contributed by atoms with E-state index in [0.717, 1.165) is 21.9 Å². The summed E-state index contributed by atoms with van der Waals surface area (Å²) < 4.78 is 39.4. The van der Waals surface area contributed by atoms with Gasteiger partial charge in [-0.1, -0.05) is 38.1 Å². The van der Waals surface area contributed by atoms with Crippen LogP contribution in [-0.4, -0.2) is 0 Å². The van der Waals surface area contributed by atoms with Crippen molar-refractivity contribution >= 4 is 27.6 Å². The van der Waals surface area contributed by atoms with Crippen molar-refractivity contribution in [2.24, 2.45) is 13.0 Å². The molecule has 0 bridgehead atoms. The molecular weight excluding hydrogens is 351 g/mol.